The third kappa shape index (κ3) is 5.95. The normalized spacial score (nSPS) is 18.2. The zero-order valence-electron chi connectivity index (χ0n) is 18.8. The molecule has 164 valence electrons. The average molecular weight is 435 g/mol. The first-order valence-electron chi connectivity index (χ1n) is 11.4. The molecule has 3 rings (SSSR count). The van der Waals surface area contributed by atoms with E-state index in [1.54, 1.807) is 11.3 Å². The highest BCUT2D eigenvalue weighted by atomic mass is 32.1. The molecule has 2 heterocycles. The van der Waals surface area contributed by atoms with E-state index < -0.39 is 5.41 Å². The molecule has 1 aliphatic rings. The molecule has 4 nitrogen and oxygen atoms in total. The molecule has 1 aromatic heterocycles. The lowest BCUT2D eigenvalue weighted by atomic mass is 9.70. The van der Waals surface area contributed by atoms with Crippen LogP contribution in [0, 0.1) is 28.6 Å². The van der Waals surface area contributed by atoms with E-state index in [-0.39, 0.29) is 11.8 Å². The van der Waals surface area contributed by atoms with Crippen LogP contribution in [-0.2, 0) is 5.41 Å². The Morgan fingerprint density at radius 2 is 1.65 bits per heavy atom. The van der Waals surface area contributed by atoms with Gasteiger partial charge < -0.3 is 9.80 Å². The maximum atomic E-state index is 10.1. The monoisotopic (exact) mass is 434 g/mol. The van der Waals surface area contributed by atoms with Gasteiger partial charge in [0.2, 0.25) is 0 Å². The van der Waals surface area contributed by atoms with Gasteiger partial charge in [0.05, 0.1) is 23.5 Å². The van der Waals surface area contributed by atoms with Gasteiger partial charge in [-0.2, -0.15) is 10.5 Å². The summed E-state index contributed by atoms with van der Waals surface area (Å²) < 4.78 is 0. The Morgan fingerprint density at radius 3 is 2.19 bits per heavy atom. The molecule has 2 atom stereocenters. The van der Waals surface area contributed by atoms with E-state index in [0.29, 0.717) is 0 Å². The van der Waals surface area contributed by atoms with Gasteiger partial charge in [0.1, 0.15) is 0 Å². The molecule has 1 saturated heterocycles. The van der Waals surface area contributed by atoms with Crippen LogP contribution in [0.2, 0.25) is 0 Å². The molecule has 2 aromatic rings. The van der Waals surface area contributed by atoms with Gasteiger partial charge in [-0.25, -0.2) is 0 Å². The quantitative estimate of drug-likeness (QED) is 0.512. The molecule has 1 fully saturated rings. The Bertz CT molecular complexity index is 857. The third-order valence-electron chi connectivity index (χ3n) is 6.76. The van der Waals surface area contributed by atoms with Crippen LogP contribution in [0.5, 0.6) is 0 Å². The van der Waals surface area contributed by atoms with Gasteiger partial charge in [-0.15, -0.1) is 11.3 Å². The Kier molecular flexibility index (Phi) is 8.67. The van der Waals surface area contributed by atoms with E-state index in [1.807, 2.05) is 24.3 Å². The molecule has 0 saturated carbocycles. The topological polar surface area (TPSA) is 54.1 Å². The van der Waals surface area contributed by atoms with E-state index in [1.165, 1.54) is 4.88 Å². The molecule has 5 heteroatoms. The predicted octanol–water partition coefficient (Wildman–Crippen LogP) is 5.26. The number of hydrogen-bond donors (Lipinski definition) is 0. The SMILES string of the molecule is CC(C)C(C#N)(CCCN1CCN(CCC(C#N)c2cccs2)CC1)c1ccccc1. The molecule has 0 amide bonds. The van der Waals surface area contributed by atoms with E-state index in [4.69, 9.17) is 0 Å². The molecule has 2 unspecified atom stereocenters. The molecule has 0 spiro atoms. The van der Waals surface area contributed by atoms with Crippen molar-refractivity contribution in [3.63, 3.8) is 0 Å². The molecular formula is C26H34N4S. The van der Waals surface area contributed by atoms with Gasteiger partial charge in [0, 0.05) is 31.1 Å². The lowest BCUT2D eigenvalue weighted by Gasteiger charge is -2.36. The second kappa shape index (κ2) is 11.4. The predicted molar refractivity (Wildman–Crippen MR) is 128 cm³/mol. The van der Waals surface area contributed by atoms with E-state index in [2.05, 4.69) is 59.4 Å². The molecule has 0 radical (unpaired) electrons. The van der Waals surface area contributed by atoms with Gasteiger partial charge in [-0.1, -0.05) is 50.2 Å². The van der Waals surface area contributed by atoms with Crippen LogP contribution < -0.4 is 0 Å². The first-order valence-corrected chi connectivity index (χ1v) is 12.3. The minimum atomic E-state index is -0.406. The summed E-state index contributed by atoms with van der Waals surface area (Å²) in [6, 6.07) is 19.5. The fourth-order valence-corrected chi connectivity index (χ4v) is 5.45. The summed E-state index contributed by atoms with van der Waals surface area (Å²) >= 11 is 1.68. The summed E-state index contributed by atoms with van der Waals surface area (Å²) in [6.45, 7) is 10.6. The van der Waals surface area contributed by atoms with Crippen LogP contribution in [0.25, 0.3) is 0 Å². The molecule has 1 aromatic carbocycles. The molecule has 1 aliphatic heterocycles. The summed E-state index contributed by atoms with van der Waals surface area (Å²) in [6.07, 6.45) is 2.85. The van der Waals surface area contributed by atoms with Crippen LogP contribution in [0.3, 0.4) is 0 Å². The fourth-order valence-electron chi connectivity index (χ4n) is 4.64. The molecule has 0 aliphatic carbocycles. The summed E-state index contributed by atoms with van der Waals surface area (Å²) in [5.41, 5.74) is 0.743. The fraction of sp³-hybridized carbons (Fsp3) is 0.538. The Hall–Kier alpha value is -2.18. The number of rotatable bonds is 10. The molecule has 0 N–H and O–H groups in total. The van der Waals surface area contributed by atoms with E-state index in [9.17, 15) is 10.5 Å². The number of benzene rings is 1. The van der Waals surface area contributed by atoms with Crippen molar-refractivity contribution >= 4 is 11.3 Å². The number of piperazine rings is 1. The highest BCUT2D eigenvalue weighted by molar-refractivity contribution is 7.10. The van der Waals surface area contributed by atoms with Crippen molar-refractivity contribution in [3.05, 3.63) is 58.3 Å². The summed E-state index contributed by atoms with van der Waals surface area (Å²) in [5, 5.41) is 21.6. The van der Waals surface area contributed by atoms with Crippen molar-refractivity contribution in [2.45, 2.75) is 44.4 Å². The summed E-state index contributed by atoms with van der Waals surface area (Å²) in [7, 11) is 0. The minimum Gasteiger partial charge on any atom is -0.301 e. The van der Waals surface area contributed by atoms with Crippen molar-refractivity contribution in [2.24, 2.45) is 5.92 Å². The number of nitriles is 2. The highest BCUT2D eigenvalue weighted by Gasteiger charge is 2.35. The van der Waals surface area contributed by atoms with Crippen molar-refractivity contribution < 1.29 is 0 Å². The summed E-state index contributed by atoms with van der Waals surface area (Å²) in [5.74, 6) is 0.305. The summed E-state index contributed by atoms with van der Waals surface area (Å²) in [4.78, 5) is 6.21. The van der Waals surface area contributed by atoms with Gasteiger partial charge in [0.15, 0.2) is 0 Å². The highest BCUT2D eigenvalue weighted by Crippen LogP contribution is 2.36. The van der Waals surface area contributed by atoms with Gasteiger partial charge >= 0.3 is 0 Å². The van der Waals surface area contributed by atoms with E-state index >= 15 is 0 Å². The van der Waals surface area contributed by atoms with Crippen LogP contribution >= 0.6 is 11.3 Å². The number of thiophene rings is 1. The van der Waals surface area contributed by atoms with Crippen molar-refractivity contribution in [1.82, 2.24) is 9.80 Å². The lowest BCUT2D eigenvalue weighted by Crippen LogP contribution is -2.47. The number of hydrogen-bond acceptors (Lipinski definition) is 5. The maximum Gasteiger partial charge on any atom is 0.0845 e. The second-order valence-corrected chi connectivity index (χ2v) is 9.86. The lowest BCUT2D eigenvalue weighted by molar-refractivity contribution is 0.127. The first kappa shape index (κ1) is 23.5. The standard InChI is InChI=1S/C26H34N4S/c1-22(2)26(21-28,24-8-4-3-5-9-24)12-7-13-29-15-17-30(18-16-29)14-11-23(20-27)25-10-6-19-31-25/h3-6,8-10,19,22-23H,7,11-18H2,1-2H3. The third-order valence-corrected chi connectivity index (χ3v) is 7.75. The van der Waals surface area contributed by atoms with Crippen LogP contribution in [-0.4, -0.2) is 49.1 Å². The Balaban J connectivity index is 1.44. The maximum absolute atomic E-state index is 10.1. The van der Waals surface area contributed by atoms with Gasteiger partial charge in [0.25, 0.3) is 0 Å². The second-order valence-electron chi connectivity index (χ2n) is 8.88. The van der Waals surface area contributed by atoms with Crippen LogP contribution in [0.1, 0.15) is 49.5 Å². The molecule has 31 heavy (non-hydrogen) atoms. The largest absolute Gasteiger partial charge is 0.301 e. The van der Waals surface area contributed by atoms with Crippen molar-refractivity contribution in [1.29, 1.82) is 10.5 Å². The van der Waals surface area contributed by atoms with Crippen molar-refractivity contribution in [2.75, 3.05) is 39.3 Å². The molecular weight excluding hydrogens is 400 g/mol. The zero-order chi connectivity index (χ0) is 22.1. The van der Waals surface area contributed by atoms with E-state index in [0.717, 1.165) is 64.1 Å². The smallest absolute Gasteiger partial charge is 0.0845 e. The first-order chi connectivity index (χ1) is 15.1. The molecule has 0 bridgehead atoms. The Morgan fingerprint density at radius 1 is 0.968 bits per heavy atom. The van der Waals surface area contributed by atoms with Crippen LogP contribution in [0.4, 0.5) is 0 Å². The Labute approximate surface area is 191 Å². The minimum absolute atomic E-state index is 0.0196. The zero-order valence-corrected chi connectivity index (χ0v) is 19.7. The number of nitrogens with zero attached hydrogens (tertiary/aromatic N) is 4. The van der Waals surface area contributed by atoms with Gasteiger partial charge in [-0.3, -0.25) is 0 Å². The van der Waals surface area contributed by atoms with Crippen molar-refractivity contribution in [3.8, 4) is 12.1 Å². The van der Waals surface area contributed by atoms with Crippen LogP contribution in [0.15, 0.2) is 47.8 Å². The van der Waals surface area contributed by atoms with Gasteiger partial charge in [-0.05, 0) is 55.3 Å². The average Bonchev–Trinajstić information content (AvgIpc) is 3.33.